The van der Waals surface area contributed by atoms with Crippen LogP contribution in [0.25, 0.3) is 11.1 Å². The highest BCUT2D eigenvalue weighted by atomic mass is 35.5. The van der Waals surface area contributed by atoms with E-state index in [4.69, 9.17) is 20.8 Å². The van der Waals surface area contributed by atoms with Crippen LogP contribution in [-0.4, -0.2) is 18.0 Å². The Morgan fingerprint density at radius 2 is 1.86 bits per heavy atom. The number of fused-ring (bicyclic) bond motifs is 1. The van der Waals surface area contributed by atoms with Crippen molar-refractivity contribution in [3.8, 4) is 5.75 Å². The van der Waals surface area contributed by atoms with Crippen molar-refractivity contribution in [3.05, 3.63) is 83.4 Å². The number of rotatable bonds is 6. The molecule has 1 heterocycles. The van der Waals surface area contributed by atoms with Gasteiger partial charge in [-0.15, -0.1) is 0 Å². The van der Waals surface area contributed by atoms with Gasteiger partial charge in [-0.3, -0.25) is 4.79 Å². The molecule has 5 nitrogen and oxygen atoms in total. The maximum Gasteiger partial charge on any atom is 0.257 e. The molecule has 4 rings (SSSR count). The molecule has 0 aliphatic rings. The van der Waals surface area contributed by atoms with Gasteiger partial charge >= 0.3 is 0 Å². The number of thioether (sulfide) groups is 1. The number of para-hydroxylation sites is 2. The fourth-order valence-corrected chi connectivity index (χ4v) is 4.06. The van der Waals surface area contributed by atoms with Crippen molar-refractivity contribution < 1.29 is 13.9 Å². The zero-order chi connectivity index (χ0) is 20.2. The number of ether oxygens (including phenoxy) is 1. The number of carbonyl (C=O) groups is 1. The molecule has 29 heavy (non-hydrogen) atoms. The van der Waals surface area contributed by atoms with E-state index in [1.807, 2.05) is 54.6 Å². The molecule has 0 aliphatic heterocycles. The predicted octanol–water partition coefficient (Wildman–Crippen LogP) is 5.96. The van der Waals surface area contributed by atoms with E-state index < -0.39 is 5.25 Å². The Hall–Kier alpha value is -2.96. The lowest BCUT2D eigenvalue weighted by molar-refractivity contribution is -0.115. The average molecular weight is 425 g/mol. The number of hydrogen-bond acceptors (Lipinski definition) is 5. The molecule has 0 saturated heterocycles. The van der Waals surface area contributed by atoms with Crippen LogP contribution in [0.1, 0.15) is 10.8 Å². The monoisotopic (exact) mass is 424 g/mol. The lowest BCUT2D eigenvalue weighted by Crippen LogP contribution is -2.19. The Kier molecular flexibility index (Phi) is 5.74. The van der Waals surface area contributed by atoms with Crippen LogP contribution in [0, 0.1) is 0 Å². The van der Waals surface area contributed by atoms with E-state index >= 15 is 0 Å². The summed E-state index contributed by atoms with van der Waals surface area (Å²) >= 11 is 7.44. The number of nitrogens with one attached hydrogen (secondary N) is 1. The van der Waals surface area contributed by atoms with Crippen LogP contribution in [0.5, 0.6) is 5.75 Å². The third-order valence-corrected chi connectivity index (χ3v) is 5.65. The second-order valence-electron chi connectivity index (χ2n) is 6.19. The van der Waals surface area contributed by atoms with E-state index in [9.17, 15) is 4.79 Å². The number of aromatic nitrogens is 1. The molecule has 0 aliphatic carbocycles. The second kappa shape index (κ2) is 8.59. The molecule has 0 saturated carbocycles. The van der Waals surface area contributed by atoms with Gasteiger partial charge in [0.15, 0.2) is 5.58 Å². The van der Waals surface area contributed by atoms with Gasteiger partial charge in [0.05, 0.1) is 12.1 Å². The van der Waals surface area contributed by atoms with Crippen LogP contribution in [0.4, 0.5) is 5.69 Å². The first-order valence-corrected chi connectivity index (χ1v) is 10.1. The van der Waals surface area contributed by atoms with E-state index in [1.54, 1.807) is 25.3 Å². The standard InChI is InChI=1S/C22H17ClN2O3S/c1-27-18-12-11-15(13-16(18)23)24-21(26)20(14-7-3-2-4-8-14)29-22-25-17-9-5-6-10-19(17)28-22/h2-13,20H,1H3,(H,24,26). The summed E-state index contributed by atoms with van der Waals surface area (Å²) in [4.78, 5) is 17.6. The van der Waals surface area contributed by atoms with E-state index in [0.717, 1.165) is 11.1 Å². The van der Waals surface area contributed by atoms with Gasteiger partial charge in [-0.1, -0.05) is 54.1 Å². The Morgan fingerprint density at radius 3 is 2.59 bits per heavy atom. The van der Waals surface area contributed by atoms with Gasteiger partial charge in [-0.25, -0.2) is 4.98 Å². The SMILES string of the molecule is COc1ccc(NC(=O)C(Sc2nc3ccccc3o2)c2ccccc2)cc1Cl. The minimum absolute atomic E-state index is 0.204. The molecule has 1 N–H and O–H groups in total. The number of oxazole rings is 1. The first-order valence-electron chi connectivity index (χ1n) is 8.85. The van der Waals surface area contributed by atoms with Crippen LogP contribution in [0.2, 0.25) is 5.02 Å². The number of nitrogens with zero attached hydrogens (tertiary/aromatic N) is 1. The number of anilines is 1. The molecule has 7 heteroatoms. The molecule has 4 aromatic rings. The van der Waals surface area contributed by atoms with Crippen LogP contribution in [0.15, 0.2) is 82.4 Å². The summed E-state index contributed by atoms with van der Waals surface area (Å²) in [6.45, 7) is 0. The number of hydrogen-bond donors (Lipinski definition) is 1. The molecule has 1 atom stereocenters. The molecular weight excluding hydrogens is 408 g/mol. The van der Waals surface area contributed by atoms with Crippen molar-refractivity contribution >= 4 is 46.1 Å². The molecule has 1 aromatic heterocycles. The van der Waals surface area contributed by atoms with E-state index in [2.05, 4.69) is 10.3 Å². The number of halogens is 1. The summed E-state index contributed by atoms with van der Waals surface area (Å²) < 4.78 is 11.0. The zero-order valence-corrected chi connectivity index (χ0v) is 17.0. The van der Waals surface area contributed by atoms with E-state index in [0.29, 0.717) is 27.3 Å². The Bertz CT molecular complexity index is 1110. The zero-order valence-electron chi connectivity index (χ0n) is 15.5. The second-order valence-corrected chi connectivity index (χ2v) is 7.66. The van der Waals surface area contributed by atoms with Gasteiger partial charge in [0.25, 0.3) is 5.22 Å². The van der Waals surface area contributed by atoms with Gasteiger partial charge in [-0.05, 0) is 47.7 Å². The molecular formula is C22H17ClN2O3S. The fraction of sp³-hybridized carbons (Fsp3) is 0.0909. The van der Waals surface area contributed by atoms with Crippen molar-refractivity contribution in [2.45, 2.75) is 10.5 Å². The number of amides is 1. The molecule has 1 amide bonds. The summed E-state index contributed by atoms with van der Waals surface area (Å²) in [7, 11) is 1.54. The van der Waals surface area contributed by atoms with Crippen molar-refractivity contribution in [2.24, 2.45) is 0 Å². The minimum Gasteiger partial charge on any atom is -0.495 e. The highest BCUT2D eigenvalue weighted by Gasteiger charge is 2.25. The molecule has 0 fully saturated rings. The fourth-order valence-electron chi connectivity index (χ4n) is 2.86. The van der Waals surface area contributed by atoms with Crippen LogP contribution < -0.4 is 10.1 Å². The topological polar surface area (TPSA) is 64.4 Å². The maximum absolute atomic E-state index is 13.1. The van der Waals surface area contributed by atoms with Crippen molar-refractivity contribution in [1.29, 1.82) is 0 Å². The number of methoxy groups -OCH3 is 1. The summed E-state index contributed by atoms with van der Waals surface area (Å²) in [5.41, 5.74) is 2.87. The van der Waals surface area contributed by atoms with Gasteiger partial charge in [0, 0.05) is 5.69 Å². The van der Waals surface area contributed by atoms with Crippen LogP contribution in [0.3, 0.4) is 0 Å². The van der Waals surface area contributed by atoms with Gasteiger partial charge < -0.3 is 14.5 Å². The summed E-state index contributed by atoms with van der Waals surface area (Å²) in [6.07, 6.45) is 0. The lowest BCUT2D eigenvalue weighted by Gasteiger charge is -2.16. The Morgan fingerprint density at radius 1 is 1.10 bits per heavy atom. The van der Waals surface area contributed by atoms with Gasteiger partial charge in [0.1, 0.15) is 16.5 Å². The third-order valence-electron chi connectivity index (χ3n) is 4.25. The predicted molar refractivity (Wildman–Crippen MR) is 116 cm³/mol. The summed E-state index contributed by atoms with van der Waals surface area (Å²) in [5.74, 6) is 0.342. The summed E-state index contributed by atoms with van der Waals surface area (Å²) in [5, 5.41) is 3.22. The first-order chi connectivity index (χ1) is 14.1. The summed E-state index contributed by atoms with van der Waals surface area (Å²) in [6, 6.07) is 22.1. The normalized spacial score (nSPS) is 11.9. The third kappa shape index (κ3) is 4.39. The molecule has 146 valence electrons. The number of benzene rings is 3. The van der Waals surface area contributed by atoms with Gasteiger partial charge in [0.2, 0.25) is 5.91 Å². The average Bonchev–Trinajstić information content (AvgIpc) is 3.15. The molecule has 1 unspecified atom stereocenters. The van der Waals surface area contributed by atoms with Crippen LogP contribution in [-0.2, 0) is 4.79 Å². The maximum atomic E-state index is 13.1. The smallest absolute Gasteiger partial charge is 0.257 e. The van der Waals surface area contributed by atoms with Gasteiger partial charge in [-0.2, -0.15) is 0 Å². The van der Waals surface area contributed by atoms with Crippen molar-refractivity contribution in [1.82, 2.24) is 4.98 Å². The molecule has 3 aromatic carbocycles. The number of carbonyl (C=O) groups excluding carboxylic acids is 1. The highest BCUT2D eigenvalue weighted by molar-refractivity contribution is 8.00. The van der Waals surface area contributed by atoms with Crippen molar-refractivity contribution in [3.63, 3.8) is 0 Å². The molecule has 0 spiro atoms. The minimum atomic E-state index is -0.551. The quantitative estimate of drug-likeness (QED) is 0.387. The lowest BCUT2D eigenvalue weighted by atomic mass is 10.1. The molecule has 0 radical (unpaired) electrons. The first kappa shape index (κ1) is 19.4. The van der Waals surface area contributed by atoms with Crippen molar-refractivity contribution in [2.75, 3.05) is 12.4 Å². The Labute approximate surface area is 177 Å². The highest BCUT2D eigenvalue weighted by Crippen LogP contribution is 2.37. The van der Waals surface area contributed by atoms with E-state index in [1.165, 1.54) is 11.8 Å². The molecule has 0 bridgehead atoms. The largest absolute Gasteiger partial charge is 0.495 e. The van der Waals surface area contributed by atoms with Crippen LogP contribution >= 0.6 is 23.4 Å². The van der Waals surface area contributed by atoms with E-state index in [-0.39, 0.29) is 5.91 Å². The Balaban J connectivity index is 1.61.